The van der Waals surface area contributed by atoms with E-state index in [1.807, 2.05) is 36.4 Å². The van der Waals surface area contributed by atoms with E-state index >= 15 is 0 Å². The second-order valence-corrected chi connectivity index (χ2v) is 6.83. The summed E-state index contributed by atoms with van der Waals surface area (Å²) in [5.74, 6) is 0.453. The zero-order chi connectivity index (χ0) is 18.8. The number of aromatic hydroxyl groups is 1. The highest BCUT2D eigenvalue weighted by atomic mass is 79.9. The summed E-state index contributed by atoms with van der Waals surface area (Å²) in [6, 6.07) is 17.7. The number of rotatable bonds is 3. The first kappa shape index (κ1) is 17.2. The fraction of sp³-hybridized carbons (Fsp3) is 0. The molecule has 1 amide bonds. The van der Waals surface area contributed by atoms with Gasteiger partial charge in [0.1, 0.15) is 17.3 Å². The molecule has 0 aliphatic carbocycles. The third kappa shape index (κ3) is 3.52. The van der Waals surface area contributed by atoms with Crippen molar-refractivity contribution in [1.29, 1.82) is 0 Å². The molecule has 0 spiro atoms. The molecular weight excluding hydrogens is 406 g/mol. The van der Waals surface area contributed by atoms with Gasteiger partial charge in [-0.25, -0.2) is 4.99 Å². The lowest BCUT2D eigenvalue weighted by Gasteiger charge is -2.18. The van der Waals surface area contributed by atoms with Crippen molar-refractivity contribution < 1.29 is 9.90 Å². The Morgan fingerprint density at radius 1 is 0.926 bits per heavy atom. The molecule has 3 aromatic rings. The van der Waals surface area contributed by atoms with Crippen LogP contribution in [0.5, 0.6) is 5.75 Å². The molecule has 2 heterocycles. The van der Waals surface area contributed by atoms with E-state index in [1.54, 1.807) is 47.6 Å². The highest BCUT2D eigenvalue weighted by Gasteiger charge is 2.32. The Morgan fingerprint density at radius 3 is 2.26 bits per heavy atom. The van der Waals surface area contributed by atoms with E-state index in [0.29, 0.717) is 17.2 Å². The average Bonchev–Trinajstić information content (AvgIpc) is 3.00. The third-order valence-electron chi connectivity index (χ3n) is 4.08. The summed E-state index contributed by atoms with van der Waals surface area (Å²) in [6.45, 7) is 0. The predicted octanol–water partition coefficient (Wildman–Crippen LogP) is 4.38. The smallest absolute Gasteiger partial charge is 0.282 e. The number of amidine groups is 1. The monoisotopic (exact) mass is 419 g/mol. The molecule has 4 rings (SSSR count). The van der Waals surface area contributed by atoms with Crippen molar-refractivity contribution in [3.05, 3.63) is 94.4 Å². The Balaban J connectivity index is 1.82. The summed E-state index contributed by atoms with van der Waals surface area (Å²) in [7, 11) is 0. The zero-order valence-electron chi connectivity index (χ0n) is 14.1. The molecule has 1 aliphatic heterocycles. The lowest BCUT2D eigenvalue weighted by atomic mass is 10.1. The topological polar surface area (TPSA) is 65.8 Å². The van der Waals surface area contributed by atoms with Crippen molar-refractivity contribution in [1.82, 2.24) is 4.98 Å². The molecule has 0 atom stereocenters. The van der Waals surface area contributed by atoms with Gasteiger partial charge < -0.3 is 5.11 Å². The number of phenolic OH excluding ortho intramolecular Hbond substituents is 1. The van der Waals surface area contributed by atoms with Gasteiger partial charge in [0.15, 0.2) is 0 Å². The number of nitrogens with zero attached hydrogens (tertiary/aromatic N) is 3. The lowest BCUT2D eigenvalue weighted by molar-refractivity contribution is -0.113. The van der Waals surface area contributed by atoms with Crippen LogP contribution < -0.4 is 4.90 Å². The fourth-order valence-corrected chi connectivity index (χ4v) is 3.03. The molecule has 27 heavy (non-hydrogen) atoms. The molecule has 1 aliphatic rings. The van der Waals surface area contributed by atoms with Gasteiger partial charge in [-0.05, 0) is 60.2 Å². The molecule has 0 bridgehead atoms. The van der Waals surface area contributed by atoms with Crippen molar-refractivity contribution in [2.45, 2.75) is 0 Å². The standard InChI is InChI=1S/C21H14BrN3O2/c22-16-3-1-15(2-4-16)20-24-19(13-14-9-11-23-12-10-14)21(27)25(20)17-5-7-18(26)8-6-17/h1-13,26H/b19-13+. The lowest BCUT2D eigenvalue weighted by Crippen LogP contribution is -2.32. The van der Waals surface area contributed by atoms with Crippen LogP contribution in [0, 0.1) is 0 Å². The number of benzene rings is 2. The molecule has 0 unspecified atom stereocenters. The molecule has 132 valence electrons. The van der Waals surface area contributed by atoms with Crippen LogP contribution in [0.4, 0.5) is 5.69 Å². The molecule has 0 fully saturated rings. The summed E-state index contributed by atoms with van der Waals surface area (Å²) in [5.41, 5.74) is 2.64. The van der Waals surface area contributed by atoms with Gasteiger partial charge in [-0.2, -0.15) is 0 Å². The van der Waals surface area contributed by atoms with Crippen molar-refractivity contribution in [2.24, 2.45) is 4.99 Å². The second kappa shape index (κ2) is 7.17. The van der Waals surface area contributed by atoms with Gasteiger partial charge in [-0.3, -0.25) is 14.7 Å². The van der Waals surface area contributed by atoms with Gasteiger partial charge in [0, 0.05) is 22.4 Å². The maximum atomic E-state index is 13.1. The van der Waals surface area contributed by atoms with Crippen LogP contribution in [-0.2, 0) is 4.79 Å². The Bertz CT molecular complexity index is 1040. The van der Waals surface area contributed by atoms with E-state index in [-0.39, 0.29) is 11.7 Å². The van der Waals surface area contributed by atoms with Crippen molar-refractivity contribution in [3.8, 4) is 5.75 Å². The first-order valence-electron chi connectivity index (χ1n) is 8.22. The van der Waals surface area contributed by atoms with Crippen molar-refractivity contribution in [2.75, 3.05) is 4.90 Å². The number of anilines is 1. The third-order valence-corrected chi connectivity index (χ3v) is 4.61. The minimum absolute atomic E-state index is 0.139. The molecule has 0 saturated carbocycles. The minimum Gasteiger partial charge on any atom is -0.508 e. The van der Waals surface area contributed by atoms with Crippen LogP contribution in [0.25, 0.3) is 6.08 Å². The van der Waals surface area contributed by atoms with Crippen molar-refractivity contribution >= 4 is 39.4 Å². The van der Waals surface area contributed by atoms with Crippen LogP contribution in [0.15, 0.2) is 88.2 Å². The number of amides is 1. The van der Waals surface area contributed by atoms with Gasteiger partial charge in [0.05, 0.1) is 5.69 Å². The molecule has 0 saturated heterocycles. The molecule has 5 nitrogen and oxygen atoms in total. The number of halogens is 1. The van der Waals surface area contributed by atoms with Crippen LogP contribution in [-0.4, -0.2) is 21.8 Å². The van der Waals surface area contributed by atoms with E-state index in [4.69, 9.17) is 0 Å². The van der Waals surface area contributed by atoms with E-state index in [1.165, 1.54) is 0 Å². The molecular formula is C21H14BrN3O2. The van der Waals surface area contributed by atoms with Crippen LogP contribution in [0.2, 0.25) is 0 Å². The maximum absolute atomic E-state index is 13.1. The SMILES string of the molecule is O=C1/C(=C\c2ccncc2)N=C(c2ccc(Br)cc2)N1c1ccc(O)cc1. The second-order valence-electron chi connectivity index (χ2n) is 5.91. The van der Waals surface area contributed by atoms with Gasteiger partial charge in [-0.1, -0.05) is 28.1 Å². The highest BCUT2D eigenvalue weighted by Crippen LogP contribution is 2.29. The maximum Gasteiger partial charge on any atom is 0.282 e. The van der Waals surface area contributed by atoms with Gasteiger partial charge >= 0.3 is 0 Å². The Hall–Kier alpha value is -3.25. The van der Waals surface area contributed by atoms with E-state index in [2.05, 4.69) is 25.9 Å². The van der Waals surface area contributed by atoms with E-state index in [9.17, 15) is 9.90 Å². The Labute approximate surface area is 164 Å². The molecule has 1 aromatic heterocycles. The first-order valence-corrected chi connectivity index (χ1v) is 9.01. The van der Waals surface area contributed by atoms with Crippen LogP contribution in [0.3, 0.4) is 0 Å². The number of carbonyl (C=O) groups excluding carboxylic acids is 1. The molecule has 2 aromatic carbocycles. The molecule has 6 heteroatoms. The van der Waals surface area contributed by atoms with Crippen LogP contribution >= 0.6 is 15.9 Å². The number of aliphatic imine (C=N–C) groups is 1. The average molecular weight is 420 g/mol. The molecule has 1 N–H and O–H groups in total. The summed E-state index contributed by atoms with van der Waals surface area (Å²) in [6.07, 6.45) is 5.08. The highest BCUT2D eigenvalue weighted by molar-refractivity contribution is 9.10. The largest absolute Gasteiger partial charge is 0.508 e. The number of carbonyl (C=O) groups is 1. The van der Waals surface area contributed by atoms with E-state index < -0.39 is 0 Å². The molecule has 0 radical (unpaired) electrons. The summed E-state index contributed by atoms with van der Waals surface area (Å²) in [5, 5.41) is 9.57. The Morgan fingerprint density at radius 2 is 1.59 bits per heavy atom. The summed E-state index contributed by atoms with van der Waals surface area (Å²) in [4.78, 5) is 23.2. The normalized spacial score (nSPS) is 15.3. The fourth-order valence-electron chi connectivity index (χ4n) is 2.77. The number of hydrogen-bond acceptors (Lipinski definition) is 4. The number of phenols is 1. The number of hydrogen-bond donors (Lipinski definition) is 1. The summed E-state index contributed by atoms with van der Waals surface area (Å²) >= 11 is 3.42. The van der Waals surface area contributed by atoms with Crippen LogP contribution in [0.1, 0.15) is 11.1 Å². The van der Waals surface area contributed by atoms with Crippen molar-refractivity contribution in [3.63, 3.8) is 0 Å². The Kier molecular flexibility index (Phi) is 4.56. The minimum atomic E-state index is -0.226. The summed E-state index contributed by atoms with van der Waals surface area (Å²) < 4.78 is 0.944. The van der Waals surface area contributed by atoms with E-state index in [0.717, 1.165) is 15.6 Å². The zero-order valence-corrected chi connectivity index (χ0v) is 15.7. The number of aromatic nitrogens is 1. The van der Waals surface area contributed by atoms with Gasteiger partial charge in [0.2, 0.25) is 0 Å². The predicted molar refractivity (Wildman–Crippen MR) is 108 cm³/mol. The van der Waals surface area contributed by atoms with Gasteiger partial charge in [-0.15, -0.1) is 0 Å². The quantitative estimate of drug-likeness (QED) is 0.640. The number of pyridine rings is 1. The first-order chi connectivity index (χ1) is 13.1. The van der Waals surface area contributed by atoms with Gasteiger partial charge in [0.25, 0.3) is 5.91 Å².